The number of allylic oxidation sites excluding steroid dienone is 4. The Balaban J connectivity index is 4.13. The van der Waals surface area contributed by atoms with E-state index in [1.165, 1.54) is 308 Å². The van der Waals surface area contributed by atoms with Crippen molar-refractivity contribution in [1.29, 1.82) is 0 Å². The molecular formula is C74H140O6. The second kappa shape index (κ2) is 69.4. The van der Waals surface area contributed by atoms with Crippen molar-refractivity contribution in [2.75, 3.05) is 13.2 Å². The lowest BCUT2D eigenvalue weighted by Gasteiger charge is -2.18. The summed E-state index contributed by atoms with van der Waals surface area (Å²) in [7, 11) is 0. The fourth-order valence-corrected chi connectivity index (χ4v) is 11.2. The van der Waals surface area contributed by atoms with Gasteiger partial charge in [-0.1, -0.05) is 347 Å². The van der Waals surface area contributed by atoms with Crippen LogP contribution in [0, 0.1) is 0 Å². The van der Waals surface area contributed by atoms with Gasteiger partial charge in [-0.15, -0.1) is 0 Å². The molecule has 0 heterocycles. The van der Waals surface area contributed by atoms with Crippen LogP contribution in [0.15, 0.2) is 24.3 Å². The van der Waals surface area contributed by atoms with Crippen LogP contribution in [0.4, 0.5) is 0 Å². The lowest BCUT2D eigenvalue weighted by atomic mass is 10.0. The number of hydrogen-bond acceptors (Lipinski definition) is 6. The van der Waals surface area contributed by atoms with Crippen LogP contribution in [-0.4, -0.2) is 37.2 Å². The third kappa shape index (κ3) is 66.7. The molecule has 0 amide bonds. The van der Waals surface area contributed by atoms with Crippen LogP contribution in [0.5, 0.6) is 0 Å². The highest BCUT2D eigenvalue weighted by atomic mass is 16.6. The Hall–Kier alpha value is -2.11. The van der Waals surface area contributed by atoms with Gasteiger partial charge in [-0.3, -0.25) is 14.4 Å². The zero-order valence-corrected chi connectivity index (χ0v) is 54.4. The highest BCUT2D eigenvalue weighted by Crippen LogP contribution is 2.19. The van der Waals surface area contributed by atoms with Gasteiger partial charge in [0.25, 0.3) is 0 Å². The van der Waals surface area contributed by atoms with Gasteiger partial charge in [-0.2, -0.15) is 0 Å². The number of rotatable bonds is 68. The Morgan fingerprint density at radius 3 is 0.637 bits per heavy atom. The number of carbonyl (C=O) groups excluding carboxylic acids is 3. The molecule has 0 spiro atoms. The molecule has 0 aromatic carbocycles. The number of esters is 3. The quantitative estimate of drug-likeness (QED) is 0.0261. The third-order valence-electron chi connectivity index (χ3n) is 16.7. The van der Waals surface area contributed by atoms with Crippen LogP contribution >= 0.6 is 0 Å². The summed E-state index contributed by atoms with van der Waals surface area (Å²) < 4.78 is 17.0. The molecule has 0 aliphatic heterocycles. The molecule has 0 aromatic heterocycles. The van der Waals surface area contributed by atoms with Crippen LogP contribution in [0.1, 0.15) is 412 Å². The Labute approximate surface area is 500 Å². The molecule has 0 radical (unpaired) electrons. The van der Waals surface area contributed by atoms with Gasteiger partial charge in [0.05, 0.1) is 0 Å². The molecule has 0 saturated heterocycles. The SMILES string of the molecule is CCCCCC/C=C\CCCCCCCC(=O)OCC(COC(=O)CCCCCCCCCCCCCCCCCCCCCCCCCCCCCCCCC)OC(=O)CCCCCCCCC/C=C\CCCCCCCCC. The van der Waals surface area contributed by atoms with Crippen molar-refractivity contribution in [2.45, 2.75) is 419 Å². The highest BCUT2D eigenvalue weighted by molar-refractivity contribution is 5.71. The second-order valence-electron chi connectivity index (χ2n) is 24.9. The summed E-state index contributed by atoms with van der Waals surface area (Å²) in [4.78, 5) is 38.4. The average molecular weight is 1130 g/mol. The Bertz CT molecular complexity index is 1290. The molecule has 6 nitrogen and oxygen atoms in total. The van der Waals surface area contributed by atoms with Gasteiger partial charge in [-0.25, -0.2) is 0 Å². The van der Waals surface area contributed by atoms with Crippen LogP contribution in [-0.2, 0) is 28.6 Å². The maximum Gasteiger partial charge on any atom is 0.306 e. The third-order valence-corrected chi connectivity index (χ3v) is 16.7. The van der Waals surface area contributed by atoms with Crippen LogP contribution in [0.25, 0.3) is 0 Å². The standard InChI is InChI=1S/C74H140O6/c1-4-7-10-13-16-19-22-25-27-29-31-32-33-34-35-36-37-38-39-40-41-42-43-45-46-49-52-55-58-61-64-67-73(76)79-70-71(69-78-72(75)66-63-60-57-54-51-48-24-21-18-15-12-9-6-3)80-74(77)68-65-62-59-56-53-50-47-44-30-28-26-23-20-17-14-11-8-5-2/h21,24,28,30,71H,4-20,22-23,25-27,29,31-70H2,1-3H3/b24-21-,30-28-. The van der Waals surface area contributed by atoms with E-state index in [4.69, 9.17) is 14.2 Å². The minimum atomic E-state index is -0.775. The van der Waals surface area contributed by atoms with Crippen molar-refractivity contribution in [1.82, 2.24) is 0 Å². The smallest absolute Gasteiger partial charge is 0.306 e. The fraction of sp³-hybridized carbons (Fsp3) is 0.905. The minimum absolute atomic E-state index is 0.0705. The van der Waals surface area contributed by atoms with Crippen molar-refractivity contribution in [3.63, 3.8) is 0 Å². The summed E-state index contributed by atoms with van der Waals surface area (Å²) in [5.74, 6) is -0.855. The lowest BCUT2D eigenvalue weighted by molar-refractivity contribution is -0.167. The molecule has 0 saturated carbocycles. The largest absolute Gasteiger partial charge is 0.462 e. The molecule has 0 N–H and O–H groups in total. The molecule has 0 aliphatic rings. The van der Waals surface area contributed by atoms with Gasteiger partial charge in [-0.05, 0) is 70.6 Å². The van der Waals surface area contributed by atoms with Gasteiger partial charge in [0.1, 0.15) is 13.2 Å². The zero-order valence-electron chi connectivity index (χ0n) is 54.4. The Kier molecular flexibility index (Phi) is 67.6. The van der Waals surface area contributed by atoms with Crippen molar-refractivity contribution in [3.8, 4) is 0 Å². The molecule has 0 aromatic rings. The molecule has 0 rings (SSSR count). The lowest BCUT2D eigenvalue weighted by Crippen LogP contribution is -2.30. The first-order valence-corrected chi connectivity index (χ1v) is 36.3. The normalized spacial score (nSPS) is 12.1. The molecule has 80 heavy (non-hydrogen) atoms. The van der Waals surface area contributed by atoms with E-state index in [-0.39, 0.29) is 31.1 Å². The zero-order chi connectivity index (χ0) is 57.8. The minimum Gasteiger partial charge on any atom is -0.462 e. The highest BCUT2D eigenvalue weighted by Gasteiger charge is 2.19. The van der Waals surface area contributed by atoms with E-state index in [9.17, 15) is 14.4 Å². The monoisotopic (exact) mass is 1130 g/mol. The summed E-state index contributed by atoms with van der Waals surface area (Å²) >= 11 is 0. The first-order valence-electron chi connectivity index (χ1n) is 36.3. The van der Waals surface area contributed by atoms with E-state index in [0.717, 1.165) is 64.2 Å². The summed E-state index contributed by atoms with van der Waals surface area (Å²) in [6, 6.07) is 0. The number of ether oxygens (including phenoxy) is 3. The van der Waals surface area contributed by atoms with Crippen molar-refractivity contribution in [2.24, 2.45) is 0 Å². The van der Waals surface area contributed by atoms with Crippen molar-refractivity contribution >= 4 is 17.9 Å². The molecule has 0 bridgehead atoms. The second-order valence-corrected chi connectivity index (χ2v) is 24.9. The predicted molar refractivity (Wildman–Crippen MR) is 349 cm³/mol. The van der Waals surface area contributed by atoms with E-state index in [0.29, 0.717) is 19.3 Å². The first kappa shape index (κ1) is 77.9. The molecular weight excluding hydrogens is 985 g/mol. The van der Waals surface area contributed by atoms with Crippen molar-refractivity contribution < 1.29 is 28.6 Å². The number of hydrogen-bond donors (Lipinski definition) is 0. The van der Waals surface area contributed by atoms with Crippen LogP contribution in [0.3, 0.4) is 0 Å². The summed E-state index contributed by atoms with van der Waals surface area (Å²) in [6.07, 6.45) is 85.1. The average Bonchev–Trinajstić information content (AvgIpc) is 3.46. The van der Waals surface area contributed by atoms with E-state index >= 15 is 0 Å². The predicted octanol–water partition coefficient (Wildman–Crippen LogP) is 25.0. The maximum atomic E-state index is 12.9. The summed E-state index contributed by atoms with van der Waals surface area (Å²) in [5, 5.41) is 0. The molecule has 0 aliphatic carbocycles. The van der Waals surface area contributed by atoms with Crippen molar-refractivity contribution in [3.05, 3.63) is 24.3 Å². The summed E-state index contributed by atoms with van der Waals surface area (Å²) in [5.41, 5.74) is 0. The van der Waals surface area contributed by atoms with E-state index in [1.54, 1.807) is 0 Å². The molecule has 0 fully saturated rings. The molecule has 472 valence electrons. The van der Waals surface area contributed by atoms with Gasteiger partial charge in [0.15, 0.2) is 6.10 Å². The fourth-order valence-electron chi connectivity index (χ4n) is 11.2. The summed E-state index contributed by atoms with van der Waals surface area (Å²) in [6.45, 7) is 6.69. The number of unbranched alkanes of at least 4 members (excludes halogenated alkanes) is 53. The Morgan fingerprint density at radius 2 is 0.412 bits per heavy atom. The van der Waals surface area contributed by atoms with E-state index in [2.05, 4.69) is 45.1 Å². The molecule has 6 heteroatoms. The topological polar surface area (TPSA) is 78.9 Å². The first-order chi connectivity index (χ1) is 39.5. The van der Waals surface area contributed by atoms with Gasteiger partial charge >= 0.3 is 17.9 Å². The molecule has 1 unspecified atom stereocenters. The van der Waals surface area contributed by atoms with Crippen LogP contribution < -0.4 is 0 Å². The van der Waals surface area contributed by atoms with Gasteiger partial charge in [0.2, 0.25) is 0 Å². The molecule has 1 atom stereocenters. The number of carbonyl (C=O) groups is 3. The van der Waals surface area contributed by atoms with Gasteiger partial charge in [0, 0.05) is 19.3 Å². The van der Waals surface area contributed by atoms with Crippen LogP contribution in [0.2, 0.25) is 0 Å². The van der Waals surface area contributed by atoms with Gasteiger partial charge < -0.3 is 14.2 Å². The van der Waals surface area contributed by atoms with E-state index in [1.807, 2.05) is 0 Å². The Morgan fingerprint density at radius 1 is 0.237 bits per heavy atom. The van der Waals surface area contributed by atoms with E-state index < -0.39 is 6.10 Å². The maximum absolute atomic E-state index is 12.9.